The van der Waals surface area contributed by atoms with Gasteiger partial charge in [-0.05, 0) is 11.6 Å². The maximum absolute atomic E-state index is 11.9. The second-order valence-corrected chi connectivity index (χ2v) is 4.24. The first-order valence-corrected chi connectivity index (χ1v) is 5.35. The molecule has 0 aliphatic carbocycles. The van der Waals surface area contributed by atoms with Gasteiger partial charge in [0.25, 0.3) is 5.91 Å². The largest absolute Gasteiger partial charge is 0.382 e. The van der Waals surface area contributed by atoms with E-state index in [1.807, 2.05) is 18.2 Å². The molecule has 2 aromatic rings. The Bertz CT molecular complexity index is 602. The van der Waals surface area contributed by atoms with Gasteiger partial charge in [0.05, 0.1) is 5.69 Å². The normalized spacial score (nSPS) is 14.2. The predicted molar refractivity (Wildman–Crippen MR) is 64.2 cm³/mol. The number of rotatable bonds is 1. The molecule has 1 amide bonds. The number of carbonyl (C=O) groups is 1. The molecule has 0 bridgehead atoms. The summed E-state index contributed by atoms with van der Waals surface area (Å²) in [7, 11) is 1.80. The Morgan fingerprint density at radius 1 is 1.41 bits per heavy atom. The number of aromatic nitrogens is 2. The smallest absolute Gasteiger partial charge is 0.254 e. The number of anilines is 1. The highest BCUT2D eigenvalue weighted by atomic mass is 16.2. The molecule has 5 heteroatoms. The van der Waals surface area contributed by atoms with Crippen LogP contribution in [0.4, 0.5) is 5.82 Å². The summed E-state index contributed by atoms with van der Waals surface area (Å²) >= 11 is 0. The second-order valence-electron chi connectivity index (χ2n) is 4.24. The number of aromatic amines is 1. The molecule has 1 aliphatic rings. The van der Waals surface area contributed by atoms with Crippen LogP contribution < -0.4 is 5.73 Å². The number of nitrogen functional groups attached to an aromatic ring is 1. The van der Waals surface area contributed by atoms with E-state index >= 15 is 0 Å². The van der Waals surface area contributed by atoms with Gasteiger partial charge in [0, 0.05) is 30.8 Å². The molecule has 2 heterocycles. The molecule has 0 spiro atoms. The standard InChI is InChI=1S/C12H12N4O/c1-16-6-8-3-2-7(4-9(8)12(16)17)10-5-11(13)15-14-10/h2-5H,6H2,1H3,(H3,13,14,15). The van der Waals surface area contributed by atoms with Gasteiger partial charge in [-0.25, -0.2) is 0 Å². The molecule has 0 fully saturated rings. The van der Waals surface area contributed by atoms with Gasteiger partial charge in [0.15, 0.2) is 0 Å². The molecule has 1 aromatic carbocycles. The van der Waals surface area contributed by atoms with Gasteiger partial charge in [-0.2, -0.15) is 5.10 Å². The molecule has 0 radical (unpaired) electrons. The molecule has 0 saturated carbocycles. The lowest BCUT2D eigenvalue weighted by molar-refractivity contribution is 0.0816. The maximum atomic E-state index is 11.9. The Balaban J connectivity index is 2.08. The van der Waals surface area contributed by atoms with Crippen molar-refractivity contribution in [2.75, 3.05) is 12.8 Å². The van der Waals surface area contributed by atoms with Gasteiger partial charge in [0.1, 0.15) is 5.82 Å². The Morgan fingerprint density at radius 2 is 2.24 bits per heavy atom. The van der Waals surface area contributed by atoms with Crippen molar-refractivity contribution in [3.05, 3.63) is 35.4 Å². The third-order valence-electron chi connectivity index (χ3n) is 3.00. The zero-order valence-electron chi connectivity index (χ0n) is 9.40. The van der Waals surface area contributed by atoms with E-state index in [0.717, 1.165) is 22.4 Å². The highest BCUT2D eigenvalue weighted by molar-refractivity contribution is 5.99. The molecule has 0 saturated heterocycles. The van der Waals surface area contributed by atoms with Crippen molar-refractivity contribution in [3.63, 3.8) is 0 Å². The van der Waals surface area contributed by atoms with Gasteiger partial charge < -0.3 is 10.6 Å². The summed E-state index contributed by atoms with van der Waals surface area (Å²) in [5.74, 6) is 0.512. The van der Waals surface area contributed by atoms with Crippen molar-refractivity contribution in [2.24, 2.45) is 0 Å². The summed E-state index contributed by atoms with van der Waals surface area (Å²) in [6.07, 6.45) is 0. The average Bonchev–Trinajstić information content (AvgIpc) is 2.85. The lowest BCUT2D eigenvalue weighted by Crippen LogP contribution is -2.17. The molecule has 0 atom stereocenters. The van der Waals surface area contributed by atoms with Crippen LogP contribution in [0.15, 0.2) is 24.3 Å². The molecule has 1 aromatic heterocycles. The van der Waals surface area contributed by atoms with Crippen molar-refractivity contribution >= 4 is 11.7 Å². The summed E-state index contributed by atoms with van der Waals surface area (Å²) in [5.41, 5.74) is 9.14. The van der Waals surface area contributed by atoms with Crippen LogP contribution in [0.25, 0.3) is 11.3 Å². The lowest BCUT2D eigenvalue weighted by Gasteiger charge is -2.04. The molecule has 3 rings (SSSR count). The number of fused-ring (bicyclic) bond motifs is 1. The van der Waals surface area contributed by atoms with Crippen molar-refractivity contribution in [1.82, 2.24) is 15.1 Å². The van der Waals surface area contributed by atoms with Crippen molar-refractivity contribution in [2.45, 2.75) is 6.54 Å². The molecule has 1 aliphatic heterocycles. The van der Waals surface area contributed by atoms with Crippen LogP contribution in [0, 0.1) is 0 Å². The van der Waals surface area contributed by atoms with E-state index in [9.17, 15) is 4.79 Å². The minimum absolute atomic E-state index is 0.0642. The minimum atomic E-state index is 0.0642. The highest BCUT2D eigenvalue weighted by Crippen LogP contribution is 2.27. The maximum Gasteiger partial charge on any atom is 0.254 e. The first kappa shape index (κ1) is 9.89. The summed E-state index contributed by atoms with van der Waals surface area (Å²) < 4.78 is 0. The fourth-order valence-corrected chi connectivity index (χ4v) is 2.10. The lowest BCUT2D eigenvalue weighted by atomic mass is 10.0. The Morgan fingerprint density at radius 3 is 2.94 bits per heavy atom. The molecular weight excluding hydrogens is 216 g/mol. The first-order chi connectivity index (χ1) is 8.15. The van der Waals surface area contributed by atoms with E-state index in [1.54, 1.807) is 18.0 Å². The number of hydrogen-bond donors (Lipinski definition) is 2. The highest BCUT2D eigenvalue weighted by Gasteiger charge is 2.24. The van der Waals surface area contributed by atoms with Crippen LogP contribution in [0.5, 0.6) is 0 Å². The summed E-state index contributed by atoms with van der Waals surface area (Å²) in [4.78, 5) is 13.6. The van der Waals surface area contributed by atoms with Gasteiger partial charge in [-0.1, -0.05) is 12.1 Å². The minimum Gasteiger partial charge on any atom is -0.382 e. The molecular formula is C12H12N4O. The van der Waals surface area contributed by atoms with Gasteiger partial charge in [-0.3, -0.25) is 9.89 Å². The van der Waals surface area contributed by atoms with E-state index in [4.69, 9.17) is 5.73 Å². The number of nitrogens with zero attached hydrogens (tertiary/aromatic N) is 2. The van der Waals surface area contributed by atoms with E-state index in [1.165, 1.54) is 0 Å². The Kier molecular flexibility index (Phi) is 1.95. The number of nitrogens with two attached hydrogens (primary N) is 1. The van der Waals surface area contributed by atoms with Crippen molar-refractivity contribution < 1.29 is 4.79 Å². The van der Waals surface area contributed by atoms with E-state index < -0.39 is 0 Å². The number of H-pyrrole nitrogens is 1. The van der Waals surface area contributed by atoms with Crippen molar-refractivity contribution in [1.29, 1.82) is 0 Å². The third-order valence-corrected chi connectivity index (χ3v) is 3.00. The Hall–Kier alpha value is -2.30. The molecule has 86 valence electrons. The van der Waals surface area contributed by atoms with E-state index in [0.29, 0.717) is 12.4 Å². The monoisotopic (exact) mass is 228 g/mol. The zero-order chi connectivity index (χ0) is 12.0. The zero-order valence-corrected chi connectivity index (χ0v) is 9.40. The first-order valence-electron chi connectivity index (χ1n) is 5.35. The number of benzene rings is 1. The Labute approximate surface area is 98.2 Å². The number of amides is 1. The predicted octanol–water partition coefficient (Wildman–Crippen LogP) is 1.24. The summed E-state index contributed by atoms with van der Waals surface area (Å²) in [6.45, 7) is 0.680. The topological polar surface area (TPSA) is 75.0 Å². The van der Waals surface area contributed by atoms with Gasteiger partial charge >= 0.3 is 0 Å². The second kappa shape index (κ2) is 3.35. The SMILES string of the molecule is CN1Cc2ccc(-c3cc(N)n[nH]3)cc2C1=O. The fourth-order valence-electron chi connectivity index (χ4n) is 2.10. The van der Waals surface area contributed by atoms with Crippen LogP contribution in [-0.4, -0.2) is 28.1 Å². The number of hydrogen-bond acceptors (Lipinski definition) is 3. The van der Waals surface area contributed by atoms with Crippen LogP contribution in [0.1, 0.15) is 15.9 Å². The van der Waals surface area contributed by atoms with E-state index in [2.05, 4.69) is 10.2 Å². The van der Waals surface area contributed by atoms with Crippen molar-refractivity contribution in [3.8, 4) is 11.3 Å². The summed E-state index contributed by atoms with van der Waals surface area (Å²) in [6, 6.07) is 7.58. The van der Waals surface area contributed by atoms with Gasteiger partial charge in [0.2, 0.25) is 0 Å². The van der Waals surface area contributed by atoms with Crippen LogP contribution in [0.2, 0.25) is 0 Å². The van der Waals surface area contributed by atoms with Crippen LogP contribution in [0.3, 0.4) is 0 Å². The number of carbonyl (C=O) groups excluding carboxylic acids is 1. The molecule has 0 unspecified atom stereocenters. The third kappa shape index (κ3) is 1.47. The quantitative estimate of drug-likeness (QED) is 0.771. The molecule has 3 N–H and O–H groups in total. The fraction of sp³-hybridized carbons (Fsp3) is 0.167. The van der Waals surface area contributed by atoms with E-state index in [-0.39, 0.29) is 5.91 Å². The number of nitrogens with one attached hydrogen (secondary N) is 1. The summed E-state index contributed by atoms with van der Waals surface area (Å²) in [5, 5.41) is 6.72. The average molecular weight is 228 g/mol. The van der Waals surface area contributed by atoms with Crippen LogP contribution in [-0.2, 0) is 6.54 Å². The van der Waals surface area contributed by atoms with Crippen LogP contribution >= 0.6 is 0 Å². The van der Waals surface area contributed by atoms with Gasteiger partial charge in [-0.15, -0.1) is 0 Å². The molecule has 5 nitrogen and oxygen atoms in total. The molecule has 17 heavy (non-hydrogen) atoms.